The lowest BCUT2D eigenvalue weighted by Crippen LogP contribution is -2.05. The molecule has 40 heavy (non-hydrogen) atoms. The molecule has 0 atom stereocenters. The molecule has 6 rings (SSSR count). The van der Waals surface area contributed by atoms with Crippen LogP contribution in [0.25, 0.3) is 40.7 Å². The third kappa shape index (κ3) is 8.63. The van der Waals surface area contributed by atoms with Crippen molar-refractivity contribution in [2.45, 2.75) is 0 Å². The van der Waals surface area contributed by atoms with Gasteiger partial charge in [0, 0.05) is 0 Å². The lowest BCUT2D eigenvalue weighted by molar-refractivity contribution is 0.424. The van der Waals surface area contributed by atoms with Crippen molar-refractivity contribution in [2.75, 3.05) is 0 Å². The number of nitrogens with zero attached hydrogens (tertiary/aromatic N) is 2. The minimum absolute atomic E-state index is 0.462. The van der Waals surface area contributed by atoms with Gasteiger partial charge in [-0.05, 0) is 57.4 Å². The summed E-state index contributed by atoms with van der Waals surface area (Å²) >= 11 is 3.17. The van der Waals surface area contributed by atoms with Crippen LogP contribution < -0.4 is 11.5 Å². The van der Waals surface area contributed by atoms with Crippen molar-refractivity contribution in [3.05, 3.63) is 133 Å². The van der Waals surface area contributed by atoms with Gasteiger partial charge >= 0.3 is 18.6 Å². The van der Waals surface area contributed by atoms with E-state index in [0.29, 0.717) is 27.1 Å². The van der Waals surface area contributed by atoms with Gasteiger partial charge in [0.15, 0.2) is 22.5 Å². The summed E-state index contributed by atoms with van der Waals surface area (Å²) in [5, 5.41) is 17.0. The van der Waals surface area contributed by atoms with Crippen molar-refractivity contribution < 1.29 is 18.9 Å². The molecule has 6 aromatic rings. The molecule has 0 fully saturated rings. The Kier molecular flexibility index (Phi) is 9.78. The molecule has 200 valence electrons. The summed E-state index contributed by atoms with van der Waals surface area (Å²) < 4.78 is 10.3. The quantitative estimate of drug-likeness (QED) is 0.168. The number of nitrogens with one attached hydrogen (secondary N) is 2. The molecule has 4 aromatic heterocycles. The SMILES string of the molecule is O=c1[nH]c2nc(/C=C/c3ccccc3)ccc2o1.O=c1[nH]c2nc(Br)ccc2o1.OB(O)/C=C/c1ccccc1. The average Bonchev–Trinajstić information content (AvgIpc) is 3.52. The molecule has 0 aliphatic rings. The van der Waals surface area contributed by atoms with Gasteiger partial charge in [0.2, 0.25) is 0 Å². The van der Waals surface area contributed by atoms with E-state index in [2.05, 4.69) is 35.9 Å². The number of rotatable bonds is 4. The van der Waals surface area contributed by atoms with Gasteiger partial charge in [-0.15, -0.1) is 0 Å². The monoisotopic (exact) mass is 600 g/mol. The summed E-state index contributed by atoms with van der Waals surface area (Å²) in [4.78, 5) is 34.8. The first-order chi connectivity index (χ1) is 19.4. The van der Waals surface area contributed by atoms with Gasteiger partial charge < -0.3 is 18.9 Å². The highest BCUT2D eigenvalue weighted by Gasteiger charge is 2.02. The normalized spacial score (nSPS) is 10.9. The molecular formula is C28H22BBrN4O6. The highest BCUT2D eigenvalue weighted by molar-refractivity contribution is 9.10. The predicted molar refractivity (Wildman–Crippen MR) is 158 cm³/mol. The predicted octanol–water partition coefficient (Wildman–Crippen LogP) is 4.68. The third-order valence-electron chi connectivity index (χ3n) is 5.06. The summed E-state index contributed by atoms with van der Waals surface area (Å²) in [7, 11) is -1.37. The zero-order valence-corrected chi connectivity index (χ0v) is 22.4. The van der Waals surface area contributed by atoms with Crippen LogP contribution in [-0.4, -0.2) is 37.1 Å². The number of benzene rings is 2. The van der Waals surface area contributed by atoms with E-state index >= 15 is 0 Å². The van der Waals surface area contributed by atoms with Gasteiger partial charge in [-0.2, -0.15) is 0 Å². The summed E-state index contributed by atoms with van der Waals surface area (Å²) in [6.07, 6.45) is 5.51. The van der Waals surface area contributed by atoms with E-state index in [1.54, 1.807) is 30.3 Å². The topological polar surface area (TPSA) is 158 Å². The zero-order valence-electron chi connectivity index (χ0n) is 20.8. The van der Waals surface area contributed by atoms with Gasteiger partial charge in [-0.25, -0.2) is 19.6 Å². The molecular weight excluding hydrogens is 579 g/mol. The van der Waals surface area contributed by atoms with E-state index in [0.717, 1.165) is 16.8 Å². The molecule has 0 radical (unpaired) electrons. The molecule has 12 heteroatoms. The Morgan fingerprint density at radius 1 is 0.675 bits per heavy atom. The lowest BCUT2D eigenvalue weighted by atomic mass is 9.91. The fourth-order valence-electron chi connectivity index (χ4n) is 3.27. The van der Waals surface area contributed by atoms with Crippen molar-refractivity contribution in [3.8, 4) is 0 Å². The fraction of sp³-hybridized carbons (Fsp3) is 0. The highest BCUT2D eigenvalue weighted by Crippen LogP contribution is 2.12. The number of oxazole rings is 2. The second-order valence-corrected chi connectivity index (χ2v) is 8.83. The van der Waals surface area contributed by atoms with E-state index < -0.39 is 18.6 Å². The van der Waals surface area contributed by atoms with Gasteiger partial charge in [-0.3, -0.25) is 9.97 Å². The number of pyridine rings is 2. The number of hydrogen-bond donors (Lipinski definition) is 4. The molecule has 0 unspecified atom stereocenters. The van der Waals surface area contributed by atoms with Crippen molar-refractivity contribution in [1.29, 1.82) is 0 Å². The van der Waals surface area contributed by atoms with Crippen LogP contribution >= 0.6 is 15.9 Å². The van der Waals surface area contributed by atoms with Crippen LogP contribution in [0.1, 0.15) is 16.8 Å². The Bertz CT molecular complexity index is 1840. The fourth-order valence-corrected chi connectivity index (χ4v) is 3.58. The molecule has 0 aliphatic carbocycles. The lowest BCUT2D eigenvalue weighted by Gasteiger charge is -1.93. The molecule has 4 heterocycles. The van der Waals surface area contributed by atoms with Crippen LogP contribution in [0.3, 0.4) is 0 Å². The van der Waals surface area contributed by atoms with Crippen LogP contribution in [0.15, 0.2) is 114 Å². The second kappa shape index (κ2) is 13.9. The molecule has 0 spiro atoms. The van der Waals surface area contributed by atoms with Gasteiger partial charge in [0.25, 0.3) is 0 Å². The summed E-state index contributed by atoms with van der Waals surface area (Å²) in [6, 6.07) is 26.3. The van der Waals surface area contributed by atoms with Crippen LogP contribution in [0.2, 0.25) is 0 Å². The van der Waals surface area contributed by atoms with E-state index in [9.17, 15) is 9.59 Å². The maximum Gasteiger partial charge on any atom is 0.480 e. The number of aromatic amines is 2. The van der Waals surface area contributed by atoms with Crippen LogP contribution in [0.5, 0.6) is 0 Å². The average molecular weight is 601 g/mol. The van der Waals surface area contributed by atoms with Crippen molar-refractivity contribution in [1.82, 2.24) is 19.9 Å². The minimum Gasteiger partial charge on any atom is -0.424 e. The summed E-state index contributed by atoms with van der Waals surface area (Å²) in [5.74, 6) is 0.349. The molecule has 4 N–H and O–H groups in total. The Morgan fingerprint density at radius 2 is 1.20 bits per heavy atom. The van der Waals surface area contributed by atoms with Crippen molar-refractivity contribution in [3.63, 3.8) is 0 Å². The Labute approximate surface area is 235 Å². The van der Waals surface area contributed by atoms with E-state index in [4.69, 9.17) is 18.9 Å². The number of fused-ring (bicyclic) bond motifs is 2. The molecule has 10 nitrogen and oxygen atoms in total. The summed E-state index contributed by atoms with van der Waals surface area (Å²) in [6.45, 7) is 0. The minimum atomic E-state index is -1.37. The van der Waals surface area contributed by atoms with Crippen LogP contribution in [0, 0.1) is 0 Å². The van der Waals surface area contributed by atoms with Gasteiger partial charge in [0.1, 0.15) is 4.60 Å². The highest BCUT2D eigenvalue weighted by atomic mass is 79.9. The number of H-pyrrole nitrogens is 2. The first-order valence-electron chi connectivity index (χ1n) is 11.8. The summed E-state index contributed by atoms with van der Waals surface area (Å²) in [5.41, 5.74) is 4.69. The van der Waals surface area contributed by atoms with Crippen LogP contribution in [0.4, 0.5) is 0 Å². The first-order valence-corrected chi connectivity index (χ1v) is 12.6. The second-order valence-electron chi connectivity index (χ2n) is 8.02. The number of hydrogen-bond acceptors (Lipinski definition) is 8. The number of halogens is 1. The Balaban J connectivity index is 0.000000146. The molecule has 2 aromatic carbocycles. The maximum atomic E-state index is 11.0. The smallest absolute Gasteiger partial charge is 0.424 e. The maximum absolute atomic E-state index is 11.0. The van der Waals surface area contributed by atoms with Gasteiger partial charge in [-0.1, -0.05) is 78.8 Å². The number of aromatic nitrogens is 4. The van der Waals surface area contributed by atoms with E-state index in [-0.39, 0.29) is 0 Å². The standard InChI is InChI=1S/C14H10N2O2.C8H9BO2.C6H3BrN2O2/c17-14-16-13-12(18-14)9-8-11(15-13)7-6-10-4-2-1-3-5-10;10-9(11)7-6-8-4-2-1-3-5-8;7-4-2-1-3-5(8-4)9-6(10)11-3/h1-9H,(H,15,16,17);1-7,10-11H;1-2H,(H,8,9,10)/b2*7-6+;. The molecule has 0 bridgehead atoms. The molecule has 0 aliphatic heterocycles. The van der Waals surface area contributed by atoms with Crippen molar-refractivity contribution in [2.24, 2.45) is 0 Å². The largest absolute Gasteiger partial charge is 0.480 e. The van der Waals surface area contributed by atoms with Gasteiger partial charge in [0.05, 0.1) is 5.69 Å². The first kappa shape index (κ1) is 28.2. The zero-order chi connectivity index (χ0) is 28.3. The van der Waals surface area contributed by atoms with Crippen molar-refractivity contribution >= 4 is 63.7 Å². The third-order valence-corrected chi connectivity index (χ3v) is 5.50. The molecule has 0 saturated heterocycles. The Hall–Kier alpha value is -4.78. The van der Waals surface area contributed by atoms with E-state index in [1.165, 1.54) is 5.98 Å². The molecule has 0 saturated carbocycles. The Morgan fingerprint density at radius 3 is 1.77 bits per heavy atom. The molecule has 0 amide bonds. The van der Waals surface area contributed by atoms with Crippen LogP contribution in [-0.2, 0) is 0 Å². The van der Waals surface area contributed by atoms with E-state index in [1.807, 2.05) is 72.8 Å².